The van der Waals surface area contributed by atoms with E-state index in [2.05, 4.69) is 10.2 Å². The molecule has 2 N–H and O–H groups in total. The summed E-state index contributed by atoms with van der Waals surface area (Å²) in [5.41, 5.74) is 0.0855. The van der Waals surface area contributed by atoms with Gasteiger partial charge in [0.2, 0.25) is 0 Å². The van der Waals surface area contributed by atoms with E-state index < -0.39 is 0 Å². The summed E-state index contributed by atoms with van der Waals surface area (Å²) in [6.07, 6.45) is 0.638. The fraction of sp³-hybridized carbons (Fsp3) is 0.500. The molecule has 0 unspecified atom stereocenters. The van der Waals surface area contributed by atoms with Crippen LogP contribution in [-0.4, -0.2) is 10.2 Å². The summed E-state index contributed by atoms with van der Waals surface area (Å²) in [6.45, 7) is 4.00. The Labute approximate surface area is 69.6 Å². The Hall–Kier alpha value is -1.32. The van der Waals surface area contributed by atoms with E-state index in [0.29, 0.717) is 17.9 Å². The third kappa shape index (κ3) is 2.08. The second-order valence-corrected chi connectivity index (χ2v) is 3.21. The van der Waals surface area contributed by atoms with Crippen LogP contribution in [0.5, 0.6) is 0 Å². The SMILES string of the molecule is CC(C)Cc1cc(=O)[nH][nH]c1=O. The van der Waals surface area contributed by atoms with Crippen molar-refractivity contribution in [2.24, 2.45) is 5.92 Å². The van der Waals surface area contributed by atoms with Crippen LogP contribution >= 0.6 is 0 Å². The molecule has 0 aliphatic carbocycles. The molecule has 4 nitrogen and oxygen atoms in total. The number of nitrogens with one attached hydrogen (secondary N) is 2. The molecule has 1 aromatic heterocycles. The summed E-state index contributed by atoms with van der Waals surface area (Å²) >= 11 is 0. The second kappa shape index (κ2) is 3.38. The molecule has 0 aromatic carbocycles. The number of aromatic amines is 2. The van der Waals surface area contributed by atoms with E-state index in [4.69, 9.17) is 0 Å². The van der Waals surface area contributed by atoms with Crippen LogP contribution in [0.25, 0.3) is 0 Å². The van der Waals surface area contributed by atoms with Gasteiger partial charge in [-0.05, 0) is 12.3 Å². The van der Waals surface area contributed by atoms with Crippen LogP contribution in [0.2, 0.25) is 0 Å². The van der Waals surface area contributed by atoms with E-state index in [9.17, 15) is 9.59 Å². The van der Waals surface area contributed by atoms with Crippen LogP contribution in [0.4, 0.5) is 0 Å². The van der Waals surface area contributed by atoms with Crippen molar-refractivity contribution >= 4 is 0 Å². The lowest BCUT2D eigenvalue weighted by molar-refractivity contribution is 0.638. The highest BCUT2D eigenvalue weighted by atomic mass is 16.1. The van der Waals surface area contributed by atoms with Crippen LogP contribution in [0.3, 0.4) is 0 Å². The van der Waals surface area contributed by atoms with E-state index in [1.165, 1.54) is 6.07 Å². The normalized spacial score (nSPS) is 10.6. The number of hydrogen-bond acceptors (Lipinski definition) is 2. The van der Waals surface area contributed by atoms with Crippen molar-refractivity contribution in [1.29, 1.82) is 0 Å². The maximum atomic E-state index is 11.1. The van der Waals surface area contributed by atoms with Crippen molar-refractivity contribution in [1.82, 2.24) is 10.2 Å². The Morgan fingerprint density at radius 2 is 2.00 bits per heavy atom. The molecule has 0 aliphatic heterocycles. The maximum absolute atomic E-state index is 11.1. The van der Waals surface area contributed by atoms with Crippen LogP contribution in [0.15, 0.2) is 15.7 Å². The fourth-order valence-corrected chi connectivity index (χ4v) is 1.05. The number of aromatic nitrogens is 2. The van der Waals surface area contributed by atoms with Gasteiger partial charge < -0.3 is 0 Å². The van der Waals surface area contributed by atoms with E-state index in [1.54, 1.807) is 0 Å². The first-order chi connectivity index (χ1) is 5.59. The summed E-state index contributed by atoms with van der Waals surface area (Å²) in [4.78, 5) is 21.9. The fourth-order valence-electron chi connectivity index (χ4n) is 1.05. The number of rotatable bonds is 2. The Morgan fingerprint density at radius 3 is 2.58 bits per heavy atom. The van der Waals surface area contributed by atoms with E-state index in [-0.39, 0.29) is 11.1 Å². The highest BCUT2D eigenvalue weighted by molar-refractivity contribution is 5.06. The molecule has 4 heteroatoms. The van der Waals surface area contributed by atoms with Gasteiger partial charge in [0.1, 0.15) is 0 Å². The predicted molar refractivity (Wildman–Crippen MR) is 46.2 cm³/mol. The third-order valence-corrected chi connectivity index (χ3v) is 1.52. The smallest absolute Gasteiger partial charge is 0.265 e. The van der Waals surface area contributed by atoms with Crippen molar-refractivity contribution in [3.05, 3.63) is 32.3 Å². The molecule has 0 bridgehead atoms. The minimum Gasteiger partial charge on any atom is -0.268 e. The lowest BCUT2D eigenvalue weighted by atomic mass is 10.1. The molecule has 12 heavy (non-hydrogen) atoms. The van der Waals surface area contributed by atoms with E-state index >= 15 is 0 Å². The molecule has 0 radical (unpaired) electrons. The minimum absolute atomic E-state index is 0.205. The van der Waals surface area contributed by atoms with E-state index in [1.807, 2.05) is 13.8 Å². The van der Waals surface area contributed by atoms with Crippen molar-refractivity contribution in [3.8, 4) is 0 Å². The zero-order chi connectivity index (χ0) is 9.14. The summed E-state index contributed by atoms with van der Waals surface area (Å²) < 4.78 is 0. The van der Waals surface area contributed by atoms with Crippen LogP contribution in [0, 0.1) is 5.92 Å². The topological polar surface area (TPSA) is 65.7 Å². The average Bonchev–Trinajstić information content (AvgIpc) is 1.96. The molecular weight excluding hydrogens is 156 g/mol. The zero-order valence-corrected chi connectivity index (χ0v) is 7.18. The van der Waals surface area contributed by atoms with Gasteiger partial charge in [-0.15, -0.1) is 0 Å². The average molecular weight is 168 g/mol. The Morgan fingerprint density at radius 1 is 1.33 bits per heavy atom. The van der Waals surface area contributed by atoms with Crippen LogP contribution < -0.4 is 11.1 Å². The first-order valence-electron chi connectivity index (χ1n) is 3.90. The largest absolute Gasteiger partial charge is 0.268 e. The monoisotopic (exact) mass is 168 g/mol. The summed E-state index contributed by atoms with van der Waals surface area (Å²) in [6, 6.07) is 1.35. The van der Waals surface area contributed by atoms with Crippen LogP contribution in [-0.2, 0) is 6.42 Å². The first-order valence-corrected chi connectivity index (χ1v) is 3.90. The molecule has 0 saturated heterocycles. The van der Waals surface area contributed by atoms with Gasteiger partial charge in [-0.3, -0.25) is 19.8 Å². The highest BCUT2D eigenvalue weighted by Gasteiger charge is 2.02. The first kappa shape index (κ1) is 8.77. The quantitative estimate of drug-likeness (QED) is 0.665. The highest BCUT2D eigenvalue weighted by Crippen LogP contribution is 1.99. The molecule has 0 saturated carbocycles. The van der Waals surface area contributed by atoms with Gasteiger partial charge in [-0.2, -0.15) is 0 Å². The summed E-state index contributed by atoms with van der Waals surface area (Å²) in [7, 11) is 0. The molecule has 1 rings (SSSR count). The van der Waals surface area contributed by atoms with E-state index in [0.717, 1.165) is 0 Å². The Bertz CT molecular complexity index is 362. The molecule has 66 valence electrons. The van der Waals surface area contributed by atoms with Gasteiger partial charge in [-0.1, -0.05) is 13.8 Å². The van der Waals surface area contributed by atoms with Crippen molar-refractivity contribution in [3.63, 3.8) is 0 Å². The second-order valence-electron chi connectivity index (χ2n) is 3.21. The molecule has 0 amide bonds. The zero-order valence-electron chi connectivity index (χ0n) is 7.18. The molecular formula is C8H12N2O2. The molecule has 1 heterocycles. The van der Waals surface area contributed by atoms with Gasteiger partial charge in [0.05, 0.1) is 0 Å². The van der Waals surface area contributed by atoms with Gasteiger partial charge in [-0.25, -0.2) is 0 Å². The van der Waals surface area contributed by atoms with Gasteiger partial charge in [0, 0.05) is 11.6 Å². The lowest BCUT2D eigenvalue weighted by Crippen LogP contribution is -2.22. The molecule has 0 aliphatic rings. The Balaban J connectivity index is 3.06. The van der Waals surface area contributed by atoms with Crippen LogP contribution in [0.1, 0.15) is 19.4 Å². The van der Waals surface area contributed by atoms with Gasteiger partial charge in [0.15, 0.2) is 0 Å². The molecule has 0 spiro atoms. The minimum atomic E-state index is -0.259. The van der Waals surface area contributed by atoms with Crippen molar-refractivity contribution in [2.45, 2.75) is 20.3 Å². The molecule has 0 fully saturated rings. The number of H-pyrrole nitrogens is 2. The lowest BCUT2D eigenvalue weighted by Gasteiger charge is -2.01. The maximum Gasteiger partial charge on any atom is 0.265 e. The molecule has 1 aromatic rings. The van der Waals surface area contributed by atoms with Crippen molar-refractivity contribution < 1.29 is 0 Å². The summed E-state index contributed by atoms with van der Waals surface area (Å²) in [5, 5.41) is 4.50. The van der Waals surface area contributed by atoms with Crippen molar-refractivity contribution in [2.75, 3.05) is 0 Å². The summed E-state index contributed by atoms with van der Waals surface area (Å²) in [5.74, 6) is 0.382. The Kier molecular flexibility index (Phi) is 2.47. The predicted octanol–water partition coefficient (Wildman–Crippen LogP) is 0.262. The molecule has 0 atom stereocenters. The standard InChI is InChI=1S/C8H12N2O2/c1-5(2)3-6-4-7(11)9-10-8(6)12/h4-5H,3H2,1-2H3,(H,9,11)(H,10,12). The third-order valence-electron chi connectivity index (χ3n) is 1.52. The number of hydrogen-bond donors (Lipinski definition) is 2. The van der Waals surface area contributed by atoms with Gasteiger partial charge in [0.25, 0.3) is 11.1 Å². The van der Waals surface area contributed by atoms with Gasteiger partial charge >= 0.3 is 0 Å².